The minimum absolute atomic E-state index is 0.180. The van der Waals surface area contributed by atoms with E-state index in [0.717, 1.165) is 16.3 Å². The van der Waals surface area contributed by atoms with Gasteiger partial charge in [0.05, 0.1) is 12.4 Å². The second-order valence-electron chi connectivity index (χ2n) is 5.55. The monoisotopic (exact) mass is 401 g/mol. The van der Waals surface area contributed by atoms with Gasteiger partial charge in [-0.3, -0.25) is 4.79 Å². The highest BCUT2D eigenvalue weighted by Gasteiger charge is 2.12. The first-order valence-electron chi connectivity index (χ1n) is 8.18. The van der Waals surface area contributed by atoms with Gasteiger partial charge in [-0.25, -0.2) is 4.98 Å². The van der Waals surface area contributed by atoms with Crippen LogP contribution in [0.3, 0.4) is 0 Å². The average Bonchev–Trinajstić information content (AvgIpc) is 3.28. The Morgan fingerprint density at radius 1 is 1.26 bits per heavy atom. The summed E-state index contributed by atoms with van der Waals surface area (Å²) < 4.78 is 12.4. The van der Waals surface area contributed by atoms with Crippen LogP contribution < -0.4 is 10.3 Å². The molecule has 0 saturated carbocycles. The summed E-state index contributed by atoms with van der Waals surface area (Å²) in [6.45, 7) is 4.35. The molecule has 27 heavy (non-hydrogen) atoms. The first kappa shape index (κ1) is 17.7. The molecule has 3 heterocycles. The molecule has 0 radical (unpaired) electrons. The number of thioether (sulfide) groups is 1. The highest BCUT2D eigenvalue weighted by atomic mass is 32.2. The highest BCUT2D eigenvalue weighted by molar-refractivity contribution is 7.98. The molecule has 8 nitrogen and oxygen atoms in total. The van der Waals surface area contributed by atoms with E-state index < -0.39 is 0 Å². The maximum atomic E-state index is 11.9. The van der Waals surface area contributed by atoms with E-state index in [1.807, 2.05) is 31.2 Å². The van der Waals surface area contributed by atoms with Crippen molar-refractivity contribution in [3.8, 4) is 17.2 Å². The van der Waals surface area contributed by atoms with E-state index in [9.17, 15) is 4.79 Å². The van der Waals surface area contributed by atoms with E-state index in [4.69, 9.17) is 9.15 Å². The summed E-state index contributed by atoms with van der Waals surface area (Å²) in [6.07, 6.45) is 0. The quantitative estimate of drug-likeness (QED) is 0.455. The number of aryl methyl sites for hydroxylation is 1. The molecule has 0 atom stereocenters. The second-order valence-corrected chi connectivity index (χ2v) is 7.51. The molecule has 10 heteroatoms. The second kappa shape index (κ2) is 7.49. The van der Waals surface area contributed by atoms with Gasteiger partial charge in [-0.05, 0) is 38.1 Å². The molecule has 3 aromatic heterocycles. The van der Waals surface area contributed by atoms with Gasteiger partial charge >= 0.3 is 0 Å². The summed E-state index contributed by atoms with van der Waals surface area (Å²) >= 11 is 2.74. The van der Waals surface area contributed by atoms with E-state index in [0.29, 0.717) is 34.1 Å². The number of rotatable bonds is 6. The molecule has 0 aliphatic rings. The fraction of sp³-hybridized carbons (Fsp3) is 0.235. The molecular weight excluding hydrogens is 386 g/mol. The van der Waals surface area contributed by atoms with E-state index in [2.05, 4.69) is 20.3 Å². The van der Waals surface area contributed by atoms with E-state index in [-0.39, 0.29) is 5.56 Å². The number of benzene rings is 1. The molecule has 0 fully saturated rings. The van der Waals surface area contributed by atoms with Gasteiger partial charge in [-0.1, -0.05) is 23.1 Å². The van der Waals surface area contributed by atoms with Gasteiger partial charge in [0, 0.05) is 17.3 Å². The van der Waals surface area contributed by atoms with Crippen molar-refractivity contribution in [1.29, 1.82) is 0 Å². The number of aromatic nitrogens is 5. The number of hydrogen-bond donors (Lipinski definition) is 0. The predicted molar refractivity (Wildman–Crippen MR) is 102 cm³/mol. The lowest BCUT2D eigenvalue weighted by Crippen LogP contribution is -2.14. The van der Waals surface area contributed by atoms with Gasteiger partial charge in [0.2, 0.25) is 10.9 Å². The summed E-state index contributed by atoms with van der Waals surface area (Å²) in [4.78, 5) is 16.8. The molecule has 0 aliphatic carbocycles. The van der Waals surface area contributed by atoms with Crippen molar-refractivity contribution in [1.82, 2.24) is 24.8 Å². The normalized spacial score (nSPS) is 11.2. The fourth-order valence-corrected chi connectivity index (χ4v) is 4.08. The van der Waals surface area contributed by atoms with E-state index >= 15 is 0 Å². The summed E-state index contributed by atoms with van der Waals surface area (Å²) in [7, 11) is 0. The molecule has 0 unspecified atom stereocenters. The molecule has 0 aliphatic heterocycles. The van der Waals surface area contributed by atoms with Crippen LogP contribution in [0.2, 0.25) is 0 Å². The predicted octanol–water partition coefficient (Wildman–Crippen LogP) is 3.20. The molecule has 0 spiro atoms. The van der Waals surface area contributed by atoms with Crippen molar-refractivity contribution in [3.63, 3.8) is 0 Å². The maximum Gasteiger partial charge on any atom is 0.277 e. The van der Waals surface area contributed by atoms with Gasteiger partial charge in [0.25, 0.3) is 10.8 Å². The van der Waals surface area contributed by atoms with Crippen LogP contribution >= 0.6 is 23.1 Å². The Balaban J connectivity index is 1.46. The summed E-state index contributed by atoms with van der Waals surface area (Å²) in [5, 5.41) is 13.6. The Kier molecular flexibility index (Phi) is 4.90. The third-order valence-electron chi connectivity index (χ3n) is 3.55. The lowest BCUT2D eigenvalue weighted by molar-refractivity contribution is 0.340. The molecule has 0 bridgehead atoms. The third kappa shape index (κ3) is 3.86. The minimum Gasteiger partial charge on any atom is -0.494 e. The van der Waals surface area contributed by atoms with Crippen LogP contribution in [0.25, 0.3) is 16.4 Å². The first-order chi connectivity index (χ1) is 13.1. The van der Waals surface area contributed by atoms with Crippen molar-refractivity contribution < 1.29 is 9.15 Å². The Hall–Kier alpha value is -2.72. The van der Waals surface area contributed by atoms with E-state index in [1.54, 1.807) is 6.92 Å². The molecular formula is C17H15N5O3S2. The minimum atomic E-state index is -0.180. The molecule has 138 valence electrons. The Morgan fingerprint density at radius 3 is 2.85 bits per heavy atom. The summed E-state index contributed by atoms with van der Waals surface area (Å²) in [6, 6.07) is 8.94. The zero-order valence-corrected chi connectivity index (χ0v) is 16.2. The van der Waals surface area contributed by atoms with Crippen molar-refractivity contribution in [3.05, 3.63) is 51.4 Å². The molecule has 0 saturated heterocycles. The van der Waals surface area contributed by atoms with Gasteiger partial charge in [0.1, 0.15) is 10.8 Å². The lowest BCUT2D eigenvalue weighted by atomic mass is 10.2. The highest BCUT2D eigenvalue weighted by Crippen LogP contribution is 2.27. The Bertz CT molecular complexity index is 1130. The van der Waals surface area contributed by atoms with Crippen LogP contribution in [0.1, 0.15) is 17.6 Å². The zero-order chi connectivity index (χ0) is 18.8. The van der Waals surface area contributed by atoms with E-state index in [1.165, 1.54) is 33.7 Å². The molecule has 4 aromatic rings. The number of nitrogens with zero attached hydrogens (tertiary/aromatic N) is 5. The van der Waals surface area contributed by atoms with Crippen LogP contribution in [0.15, 0.2) is 44.8 Å². The van der Waals surface area contributed by atoms with Crippen LogP contribution in [0, 0.1) is 6.92 Å². The van der Waals surface area contributed by atoms with Crippen molar-refractivity contribution in [2.45, 2.75) is 24.8 Å². The Morgan fingerprint density at radius 2 is 2.07 bits per heavy atom. The molecule has 1 aromatic carbocycles. The van der Waals surface area contributed by atoms with Gasteiger partial charge < -0.3 is 9.15 Å². The largest absolute Gasteiger partial charge is 0.494 e. The smallest absolute Gasteiger partial charge is 0.277 e. The third-order valence-corrected chi connectivity index (χ3v) is 5.47. The van der Waals surface area contributed by atoms with Crippen LogP contribution in [-0.2, 0) is 5.75 Å². The lowest BCUT2D eigenvalue weighted by Gasteiger charge is -2.02. The first-order valence-corrected chi connectivity index (χ1v) is 9.98. The summed E-state index contributed by atoms with van der Waals surface area (Å²) in [5.74, 6) is 1.75. The number of fused-ring (bicyclic) bond motifs is 1. The maximum absolute atomic E-state index is 11.9. The number of hydrogen-bond acceptors (Lipinski definition) is 9. The fourth-order valence-electron chi connectivity index (χ4n) is 2.39. The zero-order valence-electron chi connectivity index (χ0n) is 14.6. The van der Waals surface area contributed by atoms with Gasteiger partial charge in [0.15, 0.2) is 0 Å². The molecule has 0 N–H and O–H groups in total. The number of ether oxygens (including phenoxy) is 1. The summed E-state index contributed by atoms with van der Waals surface area (Å²) in [5.41, 5.74) is 1.32. The standard InChI is InChI=1S/C17H15N5O3S2/c1-3-24-12-6-4-11(5-7-12)15-19-20-17(25-15)26-9-13-21-22-14(23)8-10(2)18-16(22)27-13/h4-8H,3,9H2,1-2H3. The molecule has 0 amide bonds. The van der Waals surface area contributed by atoms with Gasteiger partial charge in [-0.2, -0.15) is 9.61 Å². The van der Waals surface area contributed by atoms with Crippen molar-refractivity contribution >= 4 is 28.1 Å². The van der Waals surface area contributed by atoms with Crippen molar-refractivity contribution in [2.24, 2.45) is 0 Å². The van der Waals surface area contributed by atoms with Crippen LogP contribution in [0.5, 0.6) is 5.75 Å². The van der Waals surface area contributed by atoms with Crippen molar-refractivity contribution in [2.75, 3.05) is 6.61 Å². The Labute approximate surface area is 162 Å². The average molecular weight is 401 g/mol. The van der Waals surface area contributed by atoms with Gasteiger partial charge in [-0.15, -0.1) is 10.2 Å². The van der Waals surface area contributed by atoms with Crippen LogP contribution in [-0.4, -0.2) is 31.4 Å². The SMILES string of the molecule is CCOc1ccc(-c2nnc(SCc3nn4c(=O)cc(C)nc4s3)o2)cc1. The van der Waals surface area contributed by atoms with Crippen LogP contribution in [0.4, 0.5) is 0 Å². The molecule has 4 rings (SSSR count). The topological polar surface area (TPSA) is 95.4 Å².